The van der Waals surface area contributed by atoms with Crippen molar-refractivity contribution in [1.82, 2.24) is 4.98 Å². The molecular formula is C19H19N3O3S2. The number of nitrogens with zero attached hydrogens (tertiary/aromatic N) is 1. The van der Waals surface area contributed by atoms with Gasteiger partial charge in [0.25, 0.3) is 5.91 Å². The molecule has 0 spiro atoms. The topological polar surface area (TPSA) is 88.2 Å². The third-order valence-electron chi connectivity index (χ3n) is 3.92. The minimum absolute atomic E-state index is 0.252. The Kier molecular flexibility index (Phi) is 5.57. The molecule has 2 N–H and O–H groups in total. The number of carbonyl (C=O) groups is 1. The van der Waals surface area contributed by atoms with Crippen LogP contribution in [0.25, 0.3) is 0 Å². The summed E-state index contributed by atoms with van der Waals surface area (Å²) in [5, 5.41) is 8.20. The second-order valence-corrected chi connectivity index (χ2v) is 8.80. The maximum atomic E-state index is 12.4. The molecule has 6 nitrogen and oxygen atoms in total. The summed E-state index contributed by atoms with van der Waals surface area (Å²) in [6, 6.07) is 14.0. The molecule has 0 radical (unpaired) electrons. The van der Waals surface area contributed by atoms with Gasteiger partial charge in [0, 0.05) is 23.0 Å². The van der Waals surface area contributed by atoms with Crippen LogP contribution in [0.4, 0.5) is 16.5 Å². The molecule has 2 aromatic carbocycles. The molecule has 0 aliphatic heterocycles. The summed E-state index contributed by atoms with van der Waals surface area (Å²) in [6.07, 6.45) is 1.99. The van der Waals surface area contributed by atoms with E-state index < -0.39 is 9.84 Å². The molecule has 0 saturated heterocycles. The Balaban J connectivity index is 1.70. The Morgan fingerprint density at radius 3 is 2.48 bits per heavy atom. The summed E-state index contributed by atoms with van der Waals surface area (Å²) in [5.41, 5.74) is 2.86. The quantitative estimate of drug-likeness (QED) is 0.649. The average Bonchev–Trinajstić information content (AvgIpc) is 3.10. The van der Waals surface area contributed by atoms with E-state index in [1.165, 1.54) is 23.5 Å². The molecule has 0 fully saturated rings. The summed E-state index contributed by atoms with van der Waals surface area (Å²) in [4.78, 5) is 17.0. The van der Waals surface area contributed by atoms with Crippen LogP contribution in [0, 0.1) is 0 Å². The molecule has 0 aliphatic carbocycles. The lowest BCUT2D eigenvalue weighted by Crippen LogP contribution is -2.13. The van der Waals surface area contributed by atoms with Crippen LogP contribution in [0.5, 0.6) is 0 Å². The van der Waals surface area contributed by atoms with Gasteiger partial charge in [-0.2, -0.15) is 0 Å². The van der Waals surface area contributed by atoms with Gasteiger partial charge in [0.2, 0.25) is 0 Å². The van der Waals surface area contributed by atoms with Crippen LogP contribution in [-0.2, 0) is 16.3 Å². The first-order valence-corrected chi connectivity index (χ1v) is 11.1. The van der Waals surface area contributed by atoms with Gasteiger partial charge in [0.1, 0.15) is 5.69 Å². The van der Waals surface area contributed by atoms with Crippen LogP contribution >= 0.6 is 11.3 Å². The van der Waals surface area contributed by atoms with Crippen molar-refractivity contribution < 1.29 is 13.2 Å². The predicted octanol–water partition coefficient (Wildman–Crippen LogP) is 4.10. The van der Waals surface area contributed by atoms with Gasteiger partial charge in [0.15, 0.2) is 15.0 Å². The second kappa shape index (κ2) is 7.89. The minimum Gasteiger partial charge on any atom is -0.332 e. The van der Waals surface area contributed by atoms with Crippen LogP contribution in [0.2, 0.25) is 0 Å². The van der Waals surface area contributed by atoms with E-state index in [2.05, 4.69) is 15.6 Å². The SMILES string of the molecule is CCc1ccccc1NC(=O)c1csc(Nc2ccc(S(C)(=O)=O)cc2)n1. The molecule has 27 heavy (non-hydrogen) atoms. The van der Waals surface area contributed by atoms with Gasteiger partial charge in [-0.3, -0.25) is 4.79 Å². The lowest BCUT2D eigenvalue weighted by Gasteiger charge is -2.08. The van der Waals surface area contributed by atoms with Crippen molar-refractivity contribution in [2.45, 2.75) is 18.2 Å². The third kappa shape index (κ3) is 4.72. The summed E-state index contributed by atoms with van der Waals surface area (Å²) in [6.45, 7) is 2.03. The van der Waals surface area contributed by atoms with Crippen molar-refractivity contribution in [3.05, 3.63) is 65.2 Å². The number of nitrogens with one attached hydrogen (secondary N) is 2. The van der Waals surface area contributed by atoms with Crippen molar-refractivity contribution in [3.8, 4) is 0 Å². The fourth-order valence-electron chi connectivity index (χ4n) is 2.48. The van der Waals surface area contributed by atoms with Gasteiger partial charge < -0.3 is 10.6 Å². The van der Waals surface area contributed by atoms with E-state index in [0.717, 1.165) is 23.9 Å². The zero-order valence-electron chi connectivity index (χ0n) is 14.9. The van der Waals surface area contributed by atoms with Crippen molar-refractivity contribution >= 4 is 43.6 Å². The molecule has 1 heterocycles. The molecule has 8 heteroatoms. The normalized spacial score (nSPS) is 11.2. The first kappa shape index (κ1) is 19.1. The molecule has 140 valence electrons. The van der Waals surface area contributed by atoms with E-state index in [1.807, 2.05) is 31.2 Å². The maximum Gasteiger partial charge on any atom is 0.275 e. The molecule has 0 atom stereocenters. The van der Waals surface area contributed by atoms with Crippen molar-refractivity contribution in [2.75, 3.05) is 16.9 Å². The Morgan fingerprint density at radius 1 is 1.11 bits per heavy atom. The van der Waals surface area contributed by atoms with Crippen LogP contribution in [0.1, 0.15) is 23.0 Å². The van der Waals surface area contributed by atoms with E-state index in [1.54, 1.807) is 17.5 Å². The lowest BCUT2D eigenvalue weighted by atomic mass is 10.1. The summed E-state index contributed by atoms with van der Waals surface area (Å²) in [5.74, 6) is -0.271. The average molecular weight is 402 g/mol. The fraction of sp³-hybridized carbons (Fsp3) is 0.158. The summed E-state index contributed by atoms with van der Waals surface area (Å²) in [7, 11) is -3.23. The predicted molar refractivity (Wildman–Crippen MR) is 109 cm³/mol. The Bertz CT molecular complexity index is 1060. The summed E-state index contributed by atoms with van der Waals surface area (Å²) >= 11 is 1.30. The highest BCUT2D eigenvalue weighted by atomic mass is 32.2. The first-order valence-electron chi connectivity index (χ1n) is 8.28. The molecule has 3 aromatic rings. The second-order valence-electron chi connectivity index (χ2n) is 5.92. The number of rotatable bonds is 6. The number of aryl methyl sites for hydroxylation is 1. The highest BCUT2D eigenvalue weighted by Crippen LogP contribution is 2.23. The fourth-order valence-corrected chi connectivity index (χ4v) is 3.82. The Morgan fingerprint density at radius 2 is 1.81 bits per heavy atom. The first-order chi connectivity index (χ1) is 12.9. The number of anilines is 3. The molecule has 0 saturated carbocycles. The zero-order chi connectivity index (χ0) is 19.4. The smallest absolute Gasteiger partial charge is 0.275 e. The molecule has 0 aliphatic rings. The molecule has 0 unspecified atom stereocenters. The largest absolute Gasteiger partial charge is 0.332 e. The number of amides is 1. The highest BCUT2D eigenvalue weighted by molar-refractivity contribution is 7.90. The van der Waals surface area contributed by atoms with Gasteiger partial charge in [-0.05, 0) is 42.3 Å². The van der Waals surface area contributed by atoms with Crippen LogP contribution in [0.3, 0.4) is 0 Å². The molecule has 3 rings (SSSR count). The zero-order valence-corrected chi connectivity index (χ0v) is 16.5. The van der Waals surface area contributed by atoms with E-state index >= 15 is 0 Å². The van der Waals surface area contributed by atoms with E-state index in [0.29, 0.717) is 16.5 Å². The number of benzene rings is 2. The number of hydrogen-bond donors (Lipinski definition) is 2. The lowest BCUT2D eigenvalue weighted by molar-refractivity contribution is 0.102. The van der Waals surface area contributed by atoms with Crippen molar-refractivity contribution in [3.63, 3.8) is 0 Å². The van der Waals surface area contributed by atoms with E-state index in [9.17, 15) is 13.2 Å². The molecule has 0 bridgehead atoms. The van der Waals surface area contributed by atoms with Gasteiger partial charge >= 0.3 is 0 Å². The van der Waals surface area contributed by atoms with E-state index in [-0.39, 0.29) is 10.8 Å². The van der Waals surface area contributed by atoms with Gasteiger partial charge in [-0.15, -0.1) is 11.3 Å². The minimum atomic E-state index is -3.23. The number of thiazole rings is 1. The van der Waals surface area contributed by atoms with Gasteiger partial charge in [-0.1, -0.05) is 25.1 Å². The number of carbonyl (C=O) groups excluding carboxylic acids is 1. The van der Waals surface area contributed by atoms with Gasteiger partial charge in [0.05, 0.1) is 4.90 Å². The molecule has 1 aromatic heterocycles. The highest BCUT2D eigenvalue weighted by Gasteiger charge is 2.13. The standard InChI is InChI=1S/C19H19N3O3S2/c1-3-13-6-4-5-7-16(13)21-18(23)17-12-26-19(22-17)20-14-8-10-15(11-9-14)27(2,24)25/h4-12H,3H2,1-2H3,(H,20,22)(H,21,23). The monoisotopic (exact) mass is 401 g/mol. The third-order valence-corrected chi connectivity index (χ3v) is 5.80. The van der Waals surface area contributed by atoms with Crippen LogP contribution in [-0.4, -0.2) is 25.6 Å². The van der Waals surface area contributed by atoms with Gasteiger partial charge in [-0.25, -0.2) is 13.4 Å². The summed E-state index contributed by atoms with van der Waals surface area (Å²) < 4.78 is 23.0. The van der Waals surface area contributed by atoms with Crippen molar-refractivity contribution in [1.29, 1.82) is 0 Å². The van der Waals surface area contributed by atoms with E-state index in [4.69, 9.17) is 0 Å². The molecule has 1 amide bonds. The van der Waals surface area contributed by atoms with Crippen molar-refractivity contribution in [2.24, 2.45) is 0 Å². The number of hydrogen-bond acceptors (Lipinski definition) is 6. The number of para-hydroxylation sites is 1. The molecular weight excluding hydrogens is 382 g/mol. The van der Waals surface area contributed by atoms with Crippen LogP contribution in [0.15, 0.2) is 58.8 Å². The van der Waals surface area contributed by atoms with Crippen LogP contribution < -0.4 is 10.6 Å². The maximum absolute atomic E-state index is 12.4. The Hall–Kier alpha value is -2.71. The Labute approximate surface area is 162 Å². The number of aromatic nitrogens is 1. The number of sulfone groups is 1.